The van der Waals surface area contributed by atoms with Crippen molar-refractivity contribution in [1.82, 2.24) is 9.21 Å². The van der Waals surface area contributed by atoms with Gasteiger partial charge < -0.3 is 14.6 Å². The molecule has 0 amide bonds. The molecular formula is C20H23N3O7S. The molecule has 1 fully saturated rings. The van der Waals surface area contributed by atoms with Gasteiger partial charge in [0.25, 0.3) is 5.69 Å². The Kier molecular flexibility index (Phi) is 5.84. The standard InChI is InChI=1S/C20H23N3O7S/c1-14-2-4-16(23(25)26)11-20(14)31(27,28)22-8-6-21(7-9-22)12-17(24)15-3-5-18-19(10-15)30-13-29-18/h2-5,10-11,17,24H,6-9,12-13H2,1H3/t17-/m0/s1. The third-order valence-corrected chi connectivity index (χ3v) is 7.58. The van der Waals surface area contributed by atoms with Crippen LogP contribution in [0, 0.1) is 17.0 Å². The van der Waals surface area contributed by atoms with Crippen LogP contribution in [0.4, 0.5) is 5.69 Å². The van der Waals surface area contributed by atoms with Crippen molar-refractivity contribution >= 4 is 15.7 Å². The second-order valence-corrected chi connectivity index (χ2v) is 9.45. The summed E-state index contributed by atoms with van der Waals surface area (Å²) in [7, 11) is -3.85. The molecule has 2 aromatic carbocycles. The molecule has 0 saturated carbocycles. The smallest absolute Gasteiger partial charge is 0.270 e. The number of β-amino-alcohol motifs (C(OH)–C–C–N with tert-alkyl or cyclic N) is 1. The number of sulfonamides is 1. The van der Waals surface area contributed by atoms with Gasteiger partial charge in [-0.15, -0.1) is 0 Å². The van der Waals surface area contributed by atoms with Gasteiger partial charge in [-0.25, -0.2) is 8.42 Å². The van der Waals surface area contributed by atoms with Crippen LogP contribution in [0.2, 0.25) is 0 Å². The molecule has 0 unspecified atom stereocenters. The van der Waals surface area contributed by atoms with Gasteiger partial charge in [0.05, 0.1) is 15.9 Å². The van der Waals surface area contributed by atoms with Gasteiger partial charge in [0.2, 0.25) is 16.8 Å². The maximum atomic E-state index is 13.1. The van der Waals surface area contributed by atoms with Crippen LogP contribution in [0.3, 0.4) is 0 Å². The highest BCUT2D eigenvalue weighted by Gasteiger charge is 2.31. The predicted octanol–water partition coefficient (Wildman–Crippen LogP) is 1.67. The topological polar surface area (TPSA) is 122 Å². The van der Waals surface area contributed by atoms with Crippen molar-refractivity contribution in [3.05, 3.63) is 57.6 Å². The number of benzene rings is 2. The maximum Gasteiger partial charge on any atom is 0.270 e. The Bertz CT molecular complexity index is 1100. The van der Waals surface area contributed by atoms with E-state index in [4.69, 9.17) is 9.47 Å². The number of piperazine rings is 1. The van der Waals surface area contributed by atoms with E-state index >= 15 is 0 Å². The highest BCUT2D eigenvalue weighted by molar-refractivity contribution is 7.89. The Morgan fingerprint density at radius 2 is 1.81 bits per heavy atom. The quantitative estimate of drug-likeness (QED) is 0.522. The second kappa shape index (κ2) is 8.42. The summed E-state index contributed by atoms with van der Waals surface area (Å²) < 4.78 is 38.1. The molecule has 31 heavy (non-hydrogen) atoms. The van der Waals surface area contributed by atoms with Crippen molar-refractivity contribution in [1.29, 1.82) is 0 Å². The molecular weight excluding hydrogens is 426 g/mol. The molecule has 11 heteroatoms. The molecule has 0 aliphatic carbocycles. The number of ether oxygens (including phenoxy) is 2. The second-order valence-electron chi connectivity index (χ2n) is 7.54. The largest absolute Gasteiger partial charge is 0.454 e. The summed E-state index contributed by atoms with van der Waals surface area (Å²) in [6.45, 7) is 3.48. The molecule has 2 heterocycles. The zero-order valence-corrected chi connectivity index (χ0v) is 17.7. The Labute approximate surface area is 179 Å². The minimum absolute atomic E-state index is 0.0458. The monoisotopic (exact) mass is 449 g/mol. The lowest BCUT2D eigenvalue weighted by Gasteiger charge is -2.35. The third-order valence-electron chi connectivity index (χ3n) is 5.54. The summed E-state index contributed by atoms with van der Waals surface area (Å²) in [5.74, 6) is 1.24. The van der Waals surface area contributed by atoms with Crippen LogP contribution in [0.25, 0.3) is 0 Å². The number of aryl methyl sites for hydroxylation is 1. The summed E-state index contributed by atoms with van der Waals surface area (Å²) in [5.41, 5.74) is 0.910. The van der Waals surface area contributed by atoms with Gasteiger partial charge in [-0.05, 0) is 30.2 Å². The fourth-order valence-corrected chi connectivity index (χ4v) is 5.41. The molecule has 0 spiro atoms. The lowest BCUT2D eigenvalue weighted by Crippen LogP contribution is -2.49. The van der Waals surface area contributed by atoms with E-state index in [1.807, 2.05) is 4.90 Å². The van der Waals surface area contributed by atoms with Crippen molar-refractivity contribution in [2.75, 3.05) is 39.5 Å². The van der Waals surface area contributed by atoms with E-state index < -0.39 is 21.1 Å². The van der Waals surface area contributed by atoms with E-state index in [-0.39, 0.29) is 30.5 Å². The number of hydrogen-bond acceptors (Lipinski definition) is 8. The number of nitrogens with zero attached hydrogens (tertiary/aromatic N) is 3. The lowest BCUT2D eigenvalue weighted by atomic mass is 10.1. The molecule has 0 radical (unpaired) electrons. The Balaban J connectivity index is 1.40. The van der Waals surface area contributed by atoms with Crippen molar-refractivity contribution in [2.24, 2.45) is 0 Å². The number of nitro benzene ring substituents is 1. The number of nitro groups is 1. The Morgan fingerprint density at radius 3 is 2.52 bits per heavy atom. The minimum Gasteiger partial charge on any atom is -0.454 e. The summed E-state index contributed by atoms with van der Waals surface area (Å²) >= 11 is 0. The molecule has 1 atom stereocenters. The number of hydrogen-bond donors (Lipinski definition) is 1. The molecule has 0 aromatic heterocycles. The van der Waals surface area contributed by atoms with Gasteiger partial charge in [0.15, 0.2) is 11.5 Å². The summed E-state index contributed by atoms with van der Waals surface area (Å²) in [6.07, 6.45) is -0.753. The van der Waals surface area contributed by atoms with Gasteiger partial charge >= 0.3 is 0 Å². The number of non-ortho nitro benzene ring substituents is 1. The van der Waals surface area contributed by atoms with Crippen LogP contribution < -0.4 is 9.47 Å². The van der Waals surface area contributed by atoms with Crippen molar-refractivity contribution in [3.8, 4) is 11.5 Å². The van der Waals surface area contributed by atoms with Crippen molar-refractivity contribution < 1.29 is 27.9 Å². The van der Waals surface area contributed by atoms with Crippen molar-refractivity contribution in [2.45, 2.75) is 17.9 Å². The van der Waals surface area contributed by atoms with Gasteiger partial charge in [-0.3, -0.25) is 15.0 Å². The number of aliphatic hydroxyl groups is 1. The molecule has 2 aromatic rings. The van der Waals surface area contributed by atoms with Crippen LogP contribution in [0.15, 0.2) is 41.3 Å². The van der Waals surface area contributed by atoms with Gasteiger partial charge in [-0.1, -0.05) is 12.1 Å². The highest BCUT2D eigenvalue weighted by Crippen LogP contribution is 2.34. The first-order chi connectivity index (χ1) is 14.8. The fourth-order valence-electron chi connectivity index (χ4n) is 3.74. The number of aliphatic hydroxyl groups excluding tert-OH is 1. The van der Waals surface area contributed by atoms with E-state index in [1.165, 1.54) is 16.4 Å². The first-order valence-electron chi connectivity index (χ1n) is 9.81. The van der Waals surface area contributed by atoms with Crippen LogP contribution in [-0.2, 0) is 10.0 Å². The molecule has 4 rings (SSSR count). The van der Waals surface area contributed by atoms with Crippen molar-refractivity contribution in [3.63, 3.8) is 0 Å². The van der Waals surface area contributed by atoms with Gasteiger partial charge in [0.1, 0.15) is 0 Å². The molecule has 1 saturated heterocycles. The minimum atomic E-state index is -3.85. The fraction of sp³-hybridized carbons (Fsp3) is 0.400. The normalized spacial score (nSPS) is 18.1. The van der Waals surface area contributed by atoms with Crippen LogP contribution in [0.5, 0.6) is 11.5 Å². The zero-order chi connectivity index (χ0) is 22.2. The average Bonchev–Trinajstić information content (AvgIpc) is 3.22. The average molecular weight is 449 g/mol. The van der Waals surface area contributed by atoms with E-state index in [0.29, 0.717) is 42.3 Å². The molecule has 166 valence electrons. The summed E-state index contributed by atoms with van der Waals surface area (Å²) in [4.78, 5) is 12.4. The predicted molar refractivity (Wildman–Crippen MR) is 111 cm³/mol. The Morgan fingerprint density at radius 1 is 1.10 bits per heavy atom. The van der Waals surface area contributed by atoms with Gasteiger partial charge in [-0.2, -0.15) is 4.31 Å². The lowest BCUT2D eigenvalue weighted by molar-refractivity contribution is -0.385. The molecule has 1 N–H and O–H groups in total. The summed E-state index contributed by atoms with van der Waals surface area (Å²) in [5, 5.41) is 21.6. The molecule has 10 nitrogen and oxygen atoms in total. The van der Waals surface area contributed by atoms with E-state index in [9.17, 15) is 23.6 Å². The zero-order valence-electron chi connectivity index (χ0n) is 16.9. The highest BCUT2D eigenvalue weighted by atomic mass is 32.2. The van der Waals surface area contributed by atoms with Crippen LogP contribution in [0.1, 0.15) is 17.2 Å². The molecule has 2 aliphatic heterocycles. The maximum absolute atomic E-state index is 13.1. The number of fused-ring (bicyclic) bond motifs is 1. The summed E-state index contributed by atoms with van der Waals surface area (Å²) in [6, 6.07) is 9.14. The SMILES string of the molecule is Cc1ccc([N+](=O)[O-])cc1S(=O)(=O)N1CCN(C[C@H](O)c2ccc3c(c2)OCO3)CC1. The molecule has 0 bridgehead atoms. The van der Waals surface area contributed by atoms with Crippen LogP contribution >= 0.6 is 0 Å². The third kappa shape index (κ3) is 4.35. The first-order valence-corrected chi connectivity index (χ1v) is 11.2. The van der Waals surface area contributed by atoms with E-state index in [1.54, 1.807) is 25.1 Å². The Hall–Kier alpha value is -2.73. The van der Waals surface area contributed by atoms with E-state index in [2.05, 4.69) is 0 Å². The number of rotatable bonds is 6. The van der Waals surface area contributed by atoms with E-state index in [0.717, 1.165) is 6.07 Å². The van der Waals surface area contributed by atoms with Gasteiger partial charge in [0, 0.05) is 44.9 Å². The molecule has 2 aliphatic rings. The van der Waals surface area contributed by atoms with Crippen LogP contribution in [-0.4, -0.2) is 67.2 Å². The first kappa shape index (κ1) is 21.5.